The number of anilines is 1. The third kappa shape index (κ3) is 7.90. The Kier molecular flexibility index (Phi) is 10.5. The molecule has 4 atom stereocenters. The van der Waals surface area contributed by atoms with Crippen LogP contribution < -0.4 is 10.2 Å². The number of aliphatic hydroxyl groups excluding tert-OH is 1. The Morgan fingerprint density at radius 1 is 0.820 bits per heavy atom. The summed E-state index contributed by atoms with van der Waals surface area (Å²) in [5.74, 6) is 0.700. The van der Waals surface area contributed by atoms with Crippen LogP contribution in [0.15, 0.2) is 116 Å². The van der Waals surface area contributed by atoms with Crippen LogP contribution in [0.5, 0.6) is 0 Å². The van der Waals surface area contributed by atoms with Crippen LogP contribution in [0, 0.1) is 5.92 Å². The molecule has 10 nitrogen and oxygen atoms in total. The third-order valence-electron chi connectivity index (χ3n) is 9.56. The van der Waals surface area contributed by atoms with Crippen molar-refractivity contribution in [2.45, 2.75) is 38.6 Å². The van der Waals surface area contributed by atoms with Crippen molar-refractivity contribution in [3.8, 4) is 11.1 Å². The van der Waals surface area contributed by atoms with E-state index < -0.39 is 6.29 Å². The van der Waals surface area contributed by atoms with Gasteiger partial charge in [0.25, 0.3) is 5.91 Å². The van der Waals surface area contributed by atoms with Crippen LogP contribution in [-0.4, -0.2) is 69.7 Å². The number of amides is 1. The maximum atomic E-state index is 12.6. The van der Waals surface area contributed by atoms with Crippen molar-refractivity contribution in [2.24, 2.45) is 5.92 Å². The first-order valence-corrected chi connectivity index (χ1v) is 17.2. The molecule has 0 aliphatic carbocycles. The summed E-state index contributed by atoms with van der Waals surface area (Å²) in [6.45, 7) is 6.87. The summed E-state index contributed by atoms with van der Waals surface area (Å²) in [4.78, 5) is 30.2. The van der Waals surface area contributed by atoms with Crippen LogP contribution in [0.2, 0.25) is 0 Å². The highest BCUT2D eigenvalue weighted by Gasteiger charge is 2.39. The van der Waals surface area contributed by atoms with Crippen LogP contribution in [0.25, 0.3) is 11.1 Å². The third-order valence-corrected chi connectivity index (χ3v) is 9.56. The van der Waals surface area contributed by atoms with Gasteiger partial charge in [0, 0.05) is 75.5 Å². The molecule has 2 fully saturated rings. The number of aliphatic hydroxyl groups is 1. The molecule has 0 bridgehead atoms. The molecule has 50 heavy (non-hydrogen) atoms. The van der Waals surface area contributed by atoms with Crippen molar-refractivity contribution >= 4 is 11.9 Å². The first kappa shape index (κ1) is 33.5. The van der Waals surface area contributed by atoms with Crippen LogP contribution in [-0.2, 0) is 22.6 Å². The second-order valence-electron chi connectivity index (χ2n) is 12.9. The summed E-state index contributed by atoms with van der Waals surface area (Å²) >= 11 is 0. The van der Waals surface area contributed by atoms with Crippen LogP contribution >= 0.6 is 0 Å². The second kappa shape index (κ2) is 15.7. The fourth-order valence-electron chi connectivity index (χ4n) is 6.67. The van der Waals surface area contributed by atoms with Gasteiger partial charge in [-0.2, -0.15) is 0 Å². The lowest BCUT2D eigenvalue weighted by molar-refractivity contribution is -0.276. The van der Waals surface area contributed by atoms with Crippen molar-refractivity contribution in [3.05, 3.63) is 144 Å². The lowest BCUT2D eigenvalue weighted by Gasteiger charge is -2.44. The van der Waals surface area contributed by atoms with E-state index in [0.717, 1.165) is 72.1 Å². The van der Waals surface area contributed by atoms with Gasteiger partial charge in [-0.3, -0.25) is 14.7 Å². The van der Waals surface area contributed by atoms with Gasteiger partial charge in [-0.1, -0.05) is 67.6 Å². The molecule has 7 rings (SSSR count). The summed E-state index contributed by atoms with van der Waals surface area (Å²) in [5, 5.41) is 12.6. The van der Waals surface area contributed by atoms with Gasteiger partial charge in [0.2, 0.25) is 5.95 Å². The van der Waals surface area contributed by atoms with Crippen molar-refractivity contribution in [1.29, 1.82) is 0 Å². The maximum absolute atomic E-state index is 12.6. The summed E-state index contributed by atoms with van der Waals surface area (Å²) in [6, 6.07) is 29.9. The number of carbonyl (C=O) groups is 1. The van der Waals surface area contributed by atoms with Gasteiger partial charge in [-0.15, -0.1) is 0 Å². The molecular weight excluding hydrogens is 628 g/mol. The molecule has 0 radical (unpaired) electrons. The van der Waals surface area contributed by atoms with Crippen molar-refractivity contribution in [2.75, 3.05) is 37.6 Å². The normalized spacial score (nSPS) is 21.1. The standard InChI is InChI=1S/C40H42N6O4/c1-28-36(26-45-18-20-46(21-19-45)40-42-16-5-17-43-40)49-39(50-37(28)31-13-11-29(27-47)12-14-31)34-9-3-8-33(23-34)32-7-2-6-30(22-32)24-44-38(48)35-10-4-15-41-25-35/h2-17,22-23,25,28,36-37,39,47H,18-21,24,26-27H2,1H3,(H,44,48)/t28-,36+,37+,39+/m0/s1. The number of aromatic nitrogens is 3. The van der Waals surface area contributed by atoms with Crippen LogP contribution in [0.1, 0.15) is 51.9 Å². The first-order chi connectivity index (χ1) is 24.5. The van der Waals surface area contributed by atoms with Gasteiger partial charge in [0.15, 0.2) is 6.29 Å². The van der Waals surface area contributed by atoms with E-state index in [1.165, 1.54) is 0 Å². The molecule has 3 aromatic carbocycles. The fourth-order valence-corrected chi connectivity index (χ4v) is 6.67. The molecule has 5 aromatic rings. The van der Waals surface area contributed by atoms with E-state index in [4.69, 9.17) is 9.47 Å². The highest BCUT2D eigenvalue weighted by atomic mass is 16.7. The molecule has 2 aromatic heterocycles. The Bertz CT molecular complexity index is 1850. The Hall–Kier alpha value is -5.00. The van der Waals surface area contributed by atoms with E-state index in [0.29, 0.717) is 12.1 Å². The second-order valence-corrected chi connectivity index (χ2v) is 12.9. The number of piperazine rings is 1. The van der Waals surface area contributed by atoms with E-state index in [-0.39, 0.29) is 30.6 Å². The molecule has 2 N–H and O–H groups in total. The van der Waals surface area contributed by atoms with E-state index in [1.54, 1.807) is 36.9 Å². The number of carbonyl (C=O) groups excluding carboxylic acids is 1. The molecular formula is C40H42N6O4. The molecule has 10 heteroatoms. The molecule has 2 saturated heterocycles. The topological polar surface area (TPSA) is 113 Å². The predicted octanol–water partition coefficient (Wildman–Crippen LogP) is 5.57. The molecule has 0 spiro atoms. The minimum absolute atomic E-state index is 0.000582. The van der Waals surface area contributed by atoms with Crippen molar-refractivity contribution in [1.82, 2.24) is 25.2 Å². The molecule has 2 aliphatic rings. The molecule has 0 saturated carbocycles. The number of ether oxygens (including phenoxy) is 2. The molecule has 256 valence electrons. The molecule has 1 amide bonds. The highest BCUT2D eigenvalue weighted by Crippen LogP contribution is 2.42. The van der Waals surface area contributed by atoms with Gasteiger partial charge in [0.05, 0.1) is 24.4 Å². The van der Waals surface area contributed by atoms with E-state index in [2.05, 4.69) is 79.5 Å². The number of hydrogen-bond acceptors (Lipinski definition) is 9. The van der Waals surface area contributed by atoms with Gasteiger partial charge in [0.1, 0.15) is 0 Å². The number of hydrogen-bond donors (Lipinski definition) is 2. The van der Waals surface area contributed by atoms with Crippen LogP contribution in [0.3, 0.4) is 0 Å². The van der Waals surface area contributed by atoms with E-state index >= 15 is 0 Å². The zero-order valence-electron chi connectivity index (χ0n) is 28.1. The van der Waals surface area contributed by atoms with Gasteiger partial charge in [-0.05, 0) is 58.1 Å². The van der Waals surface area contributed by atoms with Gasteiger partial charge in [-0.25, -0.2) is 9.97 Å². The number of benzene rings is 3. The summed E-state index contributed by atoms with van der Waals surface area (Å²) < 4.78 is 13.6. The molecule has 0 unspecified atom stereocenters. The zero-order chi connectivity index (χ0) is 34.3. The Labute approximate surface area is 292 Å². The SMILES string of the molecule is C[C@H]1[C@@H](CN2CCN(c3ncccn3)CC2)O[C@@H](c2cccc(-c3cccc(CNC(=O)c4cccnc4)c3)c2)O[C@H]1c1ccc(CO)cc1. The molecule has 4 heterocycles. The van der Waals surface area contributed by atoms with E-state index in [1.807, 2.05) is 36.4 Å². The van der Waals surface area contributed by atoms with Crippen LogP contribution in [0.4, 0.5) is 5.95 Å². The fraction of sp³-hybridized carbons (Fsp3) is 0.300. The van der Waals surface area contributed by atoms with E-state index in [9.17, 15) is 9.90 Å². The zero-order valence-corrected chi connectivity index (χ0v) is 28.1. The average molecular weight is 671 g/mol. The minimum Gasteiger partial charge on any atom is -0.392 e. The number of pyridine rings is 1. The average Bonchev–Trinajstić information content (AvgIpc) is 3.19. The summed E-state index contributed by atoms with van der Waals surface area (Å²) in [5.41, 5.74) is 6.48. The predicted molar refractivity (Wildman–Crippen MR) is 191 cm³/mol. The maximum Gasteiger partial charge on any atom is 0.253 e. The van der Waals surface area contributed by atoms with Gasteiger partial charge >= 0.3 is 0 Å². The number of nitrogens with zero attached hydrogens (tertiary/aromatic N) is 5. The minimum atomic E-state index is -0.570. The summed E-state index contributed by atoms with van der Waals surface area (Å²) in [7, 11) is 0. The first-order valence-electron chi connectivity index (χ1n) is 17.2. The monoisotopic (exact) mass is 670 g/mol. The largest absolute Gasteiger partial charge is 0.392 e. The van der Waals surface area contributed by atoms with Gasteiger partial charge < -0.3 is 24.8 Å². The number of rotatable bonds is 10. The quantitative estimate of drug-likeness (QED) is 0.197. The number of nitrogens with one attached hydrogen (secondary N) is 1. The Morgan fingerprint density at radius 3 is 2.32 bits per heavy atom. The highest BCUT2D eigenvalue weighted by molar-refractivity contribution is 5.93. The summed E-state index contributed by atoms with van der Waals surface area (Å²) in [6.07, 6.45) is 5.95. The Balaban J connectivity index is 1.08. The smallest absolute Gasteiger partial charge is 0.253 e. The van der Waals surface area contributed by atoms with Crippen molar-refractivity contribution < 1.29 is 19.4 Å². The lowest BCUT2D eigenvalue weighted by Crippen LogP contribution is -2.51. The lowest BCUT2D eigenvalue weighted by atomic mass is 9.89. The molecule has 2 aliphatic heterocycles. The van der Waals surface area contributed by atoms with Crippen molar-refractivity contribution in [3.63, 3.8) is 0 Å². The Morgan fingerprint density at radius 2 is 1.58 bits per heavy atom.